The van der Waals surface area contributed by atoms with Crippen LogP contribution >= 0.6 is 0 Å². The number of unbranched alkanes of at least 4 members (excludes halogenated alkanes) is 1. The molecule has 0 aliphatic carbocycles. The summed E-state index contributed by atoms with van der Waals surface area (Å²) in [4.78, 5) is 24.1. The van der Waals surface area contributed by atoms with Gasteiger partial charge in [0.25, 0.3) is 0 Å². The summed E-state index contributed by atoms with van der Waals surface area (Å²) in [6.07, 6.45) is 2.58. The van der Waals surface area contributed by atoms with E-state index >= 15 is 0 Å². The van der Waals surface area contributed by atoms with E-state index in [0.29, 0.717) is 6.42 Å². The van der Waals surface area contributed by atoms with Crippen LogP contribution in [-0.4, -0.2) is 23.6 Å². The fourth-order valence-corrected chi connectivity index (χ4v) is 0.453. The van der Waals surface area contributed by atoms with E-state index in [9.17, 15) is 4.79 Å². The van der Waals surface area contributed by atoms with E-state index in [1.165, 1.54) is 0 Å². The molecular formula is C9H16N2O4. The van der Waals surface area contributed by atoms with Crippen molar-refractivity contribution in [3.8, 4) is 6.07 Å². The second kappa shape index (κ2) is 12.4. The lowest BCUT2D eigenvalue weighted by atomic mass is 10.3. The molecule has 0 rings (SSSR count). The first kappa shape index (κ1) is 15.8. The van der Waals surface area contributed by atoms with Crippen molar-refractivity contribution in [3.63, 3.8) is 0 Å². The van der Waals surface area contributed by atoms with E-state index in [0.717, 1.165) is 25.5 Å². The number of carboxylic acids is 1. The Kier molecular flexibility index (Phi) is 13.1. The van der Waals surface area contributed by atoms with Gasteiger partial charge in [0, 0.05) is 13.0 Å². The molecule has 0 heterocycles. The van der Waals surface area contributed by atoms with Crippen LogP contribution < -0.4 is 5.48 Å². The monoisotopic (exact) mass is 216 g/mol. The largest absolute Gasteiger partial charge is 0.470 e. The minimum atomic E-state index is -1.44. The van der Waals surface area contributed by atoms with Gasteiger partial charge in [-0.25, -0.2) is 4.79 Å². The minimum Gasteiger partial charge on any atom is -0.470 e. The molecule has 0 aromatic rings. The van der Waals surface area contributed by atoms with Crippen molar-refractivity contribution in [2.75, 3.05) is 6.54 Å². The average molecular weight is 216 g/mol. The molecular weight excluding hydrogens is 200 g/mol. The van der Waals surface area contributed by atoms with Crippen molar-refractivity contribution in [2.45, 2.75) is 33.1 Å². The fraction of sp³-hybridized carbons (Fsp3) is 0.667. The van der Waals surface area contributed by atoms with Gasteiger partial charge in [-0.15, -0.1) is 0 Å². The topological polar surface area (TPSA) is 99.4 Å². The van der Waals surface area contributed by atoms with Gasteiger partial charge in [-0.2, -0.15) is 10.7 Å². The Labute approximate surface area is 88.8 Å². The standard InChI is InChI=1S/C7H15NO2.C2HNO2/c1-3-5-6-8-10-7(9)4-2;3-1-2(4)5/h8H,3-6H2,1-2H3;(H,4,5). The first-order valence-corrected chi connectivity index (χ1v) is 4.64. The molecule has 0 saturated carbocycles. The van der Waals surface area contributed by atoms with E-state index in [4.69, 9.17) is 15.2 Å². The van der Waals surface area contributed by atoms with Crippen molar-refractivity contribution < 1.29 is 19.5 Å². The SMILES string of the molecule is CCCCNOC(=O)CC.N#CC(=O)O. The average Bonchev–Trinajstić information content (AvgIpc) is 2.24. The van der Waals surface area contributed by atoms with Gasteiger partial charge in [0.2, 0.25) is 0 Å². The van der Waals surface area contributed by atoms with Gasteiger partial charge in [-0.1, -0.05) is 20.3 Å². The zero-order chi connectivity index (χ0) is 12.1. The lowest BCUT2D eigenvalue weighted by molar-refractivity contribution is -0.150. The lowest BCUT2D eigenvalue weighted by Gasteiger charge is -2.01. The summed E-state index contributed by atoms with van der Waals surface area (Å²) in [5.41, 5.74) is 2.59. The minimum absolute atomic E-state index is 0.198. The van der Waals surface area contributed by atoms with Gasteiger partial charge in [0.05, 0.1) is 0 Å². The van der Waals surface area contributed by atoms with Crippen molar-refractivity contribution in [3.05, 3.63) is 0 Å². The van der Waals surface area contributed by atoms with Gasteiger partial charge < -0.3 is 9.94 Å². The number of nitrogens with zero attached hydrogens (tertiary/aromatic N) is 1. The summed E-state index contributed by atoms with van der Waals surface area (Å²) in [7, 11) is 0. The molecule has 0 aliphatic rings. The molecule has 2 N–H and O–H groups in total. The number of carbonyl (C=O) groups is 2. The normalized spacial score (nSPS) is 8.07. The van der Waals surface area contributed by atoms with Crippen LogP contribution in [0.1, 0.15) is 33.1 Å². The first-order valence-electron chi connectivity index (χ1n) is 4.64. The maximum absolute atomic E-state index is 10.5. The maximum atomic E-state index is 10.5. The van der Waals surface area contributed by atoms with Gasteiger partial charge >= 0.3 is 11.9 Å². The third kappa shape index (κ3) is 19.0. The molecule has 0 fully saturated rings. The van der Waals surface area contributed by atoms with E-state index < -0.39 is 5.97 Å². The number of carbonyl (C=O) groups excluding carboxylic acids is 1. The molecule has 0 saturated heterocycles. The van der Waals surface area contributed by atoms with Crippen LogP contribution in [0, 0.1) is 11.3 Å². The molecule has 86 valence electrons. The molecule has 0 spiro atoms. The van der Waals surface area contributed by atoms with Crippen LogP contribution in [0.2, 0.25) is 0 Å². The quantitative estimate of drug-likeness (QED) is 0.306. The third-order valence-electron chi connectivity index (χ3n) is 1.20. The van der Waals surface area contributed by atoms with Crippen molar-refractivity contribution in [1.82, 2.24) is 5.48 Å². The molecule has 0 bridgehead atoms. The Morgan fingerprint density at radius 3 is 2.33 bits per heavy atom. The molecule has 0 amide bonds. The molecule has 6 nitrogen and oxygen atoms in total. The van der Waals surface area contributed by atoms with Crippen LogP contribution in [0.5, 0.6) is 0 Å². The number of carboxylic acid groups (broad SMARTS) is 1. The molecule has 0 aromatic heterocycles. The molecule has 0 radical (unpaired) electrons. The second-order valence-electron chi connectivity index (χ2n) is 2.49. The van der Waals surface area contributed by atoms with E-state index in [2.05, 4.69) is 17.2 Å². The number of nitrogens with one attached hydrogen (secondary N) is 1. The highest BCUT2D eigenvalue weighted by atomic mass is 16.7. The molecule has 6 heteroatoms. The van der Waals surface area contributed by atoms with Crippen LogP contribution in [-0.2, 0) is 14.4 Å². The molecule has 0 aromatic carbocycles. The molecule has 0 aliphatic heterocycles. The Balaban J connectivity index is 0. The van der Waals surface area contributed by atoms with Crippen molar-refractivity contribution in [1.29, 1.82) is 5.26 Å². The second-order valence-corrected chi connectivity index (χ2v) is 2.49. The maximum Gasteiger partial charge on any atom is 0.408 e. The van der Waals surface area contributed by atoms with Gasteiger partial charge in [-0.3, -0.25) is 4.79 Å². The van der Waals surface area contributed by atoms with Crippen molar-refractivity contribution >= 4 is 11.9 Å². The molecule has 15 heavy (non-hydrogen) atoms. The van der Waals surface area contributed by atoms with Crippen LogP contribution in [0.25, 0.3) is 0 Å². The van der Waals surface area contributed by atoms with E-state index in [-0.39, 0.29) is 5.97 Å². The number of aliphatic carboxylic acids is 1. The fourth-order valence-electron chi connectivity index (χ4n) is 0.453. The summed E-state index contributed by atoms with van der Waals surface area (Å²) in [5, 5.41) is 14.7. The Morgan fingerprint density at radius 1 is 1.47 bits per heavy atom. The van der Waals surface area contributed by atoms with E-state index in [1.807, 2.05) is 0 Å². The summed E-state index contributed by atoms with van der Waals surface area (Å²) in [6, 6.07) is 0.944. The number of rotatable bonds is 5. The van der Waals surface area contributed by atoms with Crippen LogP contribution in [0.15, 0.2) is 0 Å². The third-order valence-corrected chi connectivity index (χ3v) is 1.20. The predicted molar refractivity (Wildman–Crippen MR) is 52.5 cm³/mol. The highest BCUT2D eigenvalue weighted by Gasteiger charge is 1.95. The number of hydrogen-bond donors (Lipinski definition) is 2. The highest BCUT2D eigenvalue weighted by molar-refractivity contribution is 5.83. The summed E-state index contributed by atoms with van der Waals surface area (Å²) in [5.74, 6) is -1.64. The number of nitriles is 1. The van der Waals surface area contributed by atoms with Crippen LogP contribution in [0.4, 0.5) is 0 Å². The number of hydroxylamine groups is 1. The summed E-state index contributed by atoms with van der Waals surface area (Å²) in [6.45, 7) is 4.61. The highest BCUT2D eigenvalue weighted by Crippen LogP contribution is 1.84. The molecule has 0 atom stereocenters. The number of hydrogen-bond acceptors (Lipinski definition) is 5. The molecule has 0 unspecified atom stereocenters. The summed E-state index contributed by atoms with van der Waals surface area (Å²) < 4.78 is 0. The zero-order valence-corrected chi connectivity index (χ0v) is 8.95. The van der Waals surface area contributed by atoms with Gasteiger partial charge in [0.1, 0.15) is 0 Å². The van der Waals surface area contributed by atoms with Crippen molar-refractivity contribution in [2.24, 2.45) is 0 Å². The Bertz CT molecular complexity index is 223. The lowest BCUT2D eigenvalue weighted by Crippen LogP contribution is -2.20. The van der Waals surface area contributed by atoms with Gasteiger partial charge in [0.15, 0.2) is 6.07 Å². The first-order chi connectivity index (χ1) is 7.08. The Hall–Kier alpha value is -1.61. The Morgan fingerprint density at radius 2 is 2.00 bits per heavy atom. The zero-order valence-electron chi connectivity index (χ0n) is 8.95. The van der Waals surface area contributed by atoms with Crippen LogP contribution in [0.3, 0.4) is 0 Å². The van der Waals surface area contributed by atoms with Gasteiger partial charge in [-0.05, 0) is 6.42 Å². The van der Waals surface area contributed by atoms with E-state index in [1.54, 1.807) is 6.92 Å². The summed E-state index contributed by atoms with van der Waals surface area (Å²) >= 11 is 0. The predicted octanol–water partition coefficient (Wildman–Crippen LogP) is 0.839. The smallest absolute Gasteiger partial charge is 0.408 e.